The van der Waals surface area contributed by atoms with E-state index in [2.05, 4.69) is 15.9 Å². The molecule has 0 spiro atoms. The van der Waals surface area contributed by atoms with Crippen LogP contribution in [0.1, 0.15) is 30.7 Å². The average molecular weight is 756 g/mol. The van der Waals surface area contributed by atoms with Crippen LogP contribution in [0.3, 0.4) is 0 Å². The van der Waals surface area contributed by atoms with Gasteiger partial charge < -0.3 is 14.9 Å². The first-order valence-electron chi connectivity index (χ1n) is 12.0. The number of methoxy groups -OCH3 is 1. The molecule has 6 atom stereocenters. The van der Waals surface area contributed by atoms with Gasteiger partial charge in [-0.3, -0.25) is 33.8 Å². The van der Waals surface area contributed by atoms with E-state index in [1.807, 2.05) is 22.6 Å². The molecule has 2 N–H and O–H groups in total. The molecule has 0 aromatic heterocycles. The lowest BCUT2D eigenvalue weighted by molar-refractivity contribution is -0.143. The molecule has 2 heterocycles. The summed E-state index contributed by atoms with van der Waals surface area (Å²) < 4.78 is 5.74. The standard InChI is InChI=1S/C25H22BrCl2IN2O8/c1-39-15-7-10(6-14(29)19(15)34)18-11-2-3-12-17(21(36)30(20(12)35)5-4-16(32)33)13(11)8-24(27)22(37)31(9-26)23(38)25(18,24)28/h2,6-7,12-13,17-18,34H,3-5,8-9H2,1H3,(H,32,33). The van der Waals surface area contributed by atoms with Gasteiger partial charge in [-0.15, -0.1) is 23.2 Å². The van der Waals surface area contributed by atoms with Crippen molar-refractivity contribution < 1.29 is 38.9 Å². The number of carbonyl (C=O) groups excluding carboxylic acids is 4. The number of fused-ring (bicyclic) bond motifs is 4. The van der Waals surface area contributed by atoms with Crippen molar-refractivity contribution in [3.63, 3.8) is 0 Å². The number of carbonyl (C=O) groups is 5. The maximum atomic E-state index is 13.8. The number of phenolic OH excluding ortho intramolecular Hbond substituents is 1. The minimum atomic E-state index is -1.98. The molecule has 1 saturated carbocycles. The lowest BCUT2D eigenvalue weighted by Crippen LogP contribution is -2.60. The summed E-state index contributed by atoms with van der Waals surface area (Å²) in [6.45, 7) is -0.265. The first-order chi connectivity index (χ1) is 18.3. The molecule has 5 rings (SSSR count). The van der Waals surface area contributed by atoms with E-state index in [0.29, 0.717) is 14.7 Å². The van der Waals surface area contributed by atoms with E-state index in [-0.39, 0.29) is 36.3 Å². The van der Waals surface area contributed by atoms with Crippen LogP contribution in [0, 0.1) is 21.3 Å². The van der Waals surface area contributed by atoms with Gasteiger partial charge in [-0.05, 0) is 59.0 Å². The highest BCUT2D eigenvalue weighted by Crippen LogP contribution is 2.65. The zero-order chi connectivity index (χ0) is 28.6. The van der Waals surface area contributed by atoms with E-state index in [0.717, 1.165) is 9.80 Å². The zero-order valence-electron chi connectivity index (χ0n) is 20.3. The Labute approximate surface area is 254 Å². The lowest BCUT2D eigenvalue weighted by atomic mass is 9.56. The molecule has 4 aliphatic rings. The molecule has 0 radical (unpaired) electrons. The van der Waals surface area contributed by atoms with E-state index >= 15 is 0 Å². The van der Waals surface area contributed by atoms with Gasteiger partial charge in [0.15, 0.2) is 21.2 Å². The number of aromatic hydroxyl groups is 1. The van der Waals surface area contributed by atoms with Crippen LogP contribution >= 0.6 is 61.7 Å². The maximum absolute atomic E-state index is 13.8. The van der Waals surface area contributed by atoms with Crippen LogP contribution in [-0.4, -0.2) is 78.5 Å². The van der Waals surface area contributed by atoms with Gasteiger partial charge in [-0.25, -0.2) is 0 Å². The number of carboxylic acids is 1. The third-order valence-corrected chi connectivity index (χ3v) is 11.0. The van der Waals surface area contributed by atoms with E-state index < -0.39 is 69.4 Å². The van der Waals surface area contributed by atoms with Gasteiger partial charge in [0.05, 0.1) is 34.4 Å². The molecule has 208 valence electrons. The molecular weight excluding hydrogens is 734 g/mol. The Kier molecular flexibility index (Phi) is 7.25. The second-order valence-electron chi connectivity index (χ2n) is 10.0. The highest BCUT2D eigenvalue weighted by atomic mass is 127. The van der Waals surface area contributed by atoms with Crippen LogP contribution in [0.25, 0.3) is 0 Å². The van der Waals surface area contributed by atoms with Crippen molar-refractivity contribution in [1.29, 1.82) is 0 Å². The van der Waals surface area contributed by atoms with Crippen LogP contribution in [-0.2, 0) is 24.0 Å². The van der Waals surface area contributed by atoms with E-state index in [9.17, 15) is 29.1 Å². The molecule has 4 amide bonds. The monoisotopic (exact) mass is 754 g/mol. The number of ether oxygens (including phenoxy) is 1. The number of alkyl halides is 3. The third-order valence-electron chi connectivity index (χ3n) is 8.26. The number of hydrogen-bond donors (Lipinski definition) is 2. The highest BCUT2D eigenvalue weighted by Gasteiger charge is 2.76. The summed E-state index contributed by atoms with van der Waals surface area (Å²) in [6.07, 6.45) is 1.38. The van der Waals surface area contributed by atoms with Gasteiger partial charge in [0.25, 0.3) is 11.8 Å². The van der Waals surface area contributed by atoms with E-state index in [1.165, 1.54) is 13.2 Å². The number of halogens is 4. The van der Waals surface area contributed by atoms with Gasteiger partial charge in [0, 0.05) is 12.5 Å². The Bertz CT molecular complexity index is 1370. The summed E-state index contributed by atoms with van der Waals surface area (Å²) in [7, 11) is 1.37. The number of amides is 4. The van der Waals surface area contributed by atoms with Gasteiger partial charge >= 0.3 is 5.97 Å². The Morgan fingerprint density at radius 3 is 2.46 bits per heavy atom. The first-order valence-corrected chi connectivity index (χ1v) is 14.9. The summed E-state index contributed by atoms with van der Waals surface area (Å²) in [4.78, 5) is 63.3. The van der Waals surface area contributed by atoms with Crippen LogP contribution in [0.4, 0.5) is 0 Å². The summed E-state index contributed by atoms with van der Waals surface area (Å²) in [5, 5.41) is 19.6. The number of aliphatic carboxylic acids is 1. The highest BCUT2D eigenvalue weighted by molar-refractivity contribution is 14.1. The number of imide groups is 2. The zero-order valence-corrected chi connectivity index (χ0v) is 25.6. The topological polar surface area (TPSA) is 142 Å². The van der Waals surface area contributed by atoms with Gasteiger partial charge in [0.1, 0.15) is 0 Å². The number of rotatable bonds is 6. The molecule has 10 nitrogen and oxygen atoms in total. The Morgan fingerprint density at radius 2 is 1.85 bits per heavy atom. The molecule has 1 aromatic rings. The SMILES string of the molecule is COc1cc(C2C3=CCC4C(=O)N(CCC(=O)O)C(=O)C4C3CC3(Cl)C(=O)N(CBr)C(=O)C23Cl)cc(I)c1O. The predicted octanol–water partition coefficient (Wildman–Crippen LogP) is 3.19. The fourth-order valence-corrected chi connectivity index (χ4v) is 8.59. The van der Waals surface area contributed by atoms with Crippen molar-refractivity contribution in [2.75, 3.05) is 19.1 Å². The van der Waals surface area contributed by atoms with Gasteiger partial charge in [0.2, 0.25) is 11.8 Å². The number of carboxylic acid groups (broad SMARTS) is 1. The van der Waals surface area contributed by atoms with E-state index in [4.69, 9.17) is 33.0 Å². The van der Waals surface area contributed by atoms with Crippen LogP contribution in [0.15, 0.2) is 23.8 Å². The Hall–Kier alpha value is -1.90. The lowest BCUT2D eigenvalue weighted by Gasteiger charge is -2.50. The molecular formula is C25H22BrCl2IN2O8. The second kappa shape index (κ2) is 9.88. The molecule has 2 aliphatic heterocycles. The van der Waals surface area contributed by atoms with Crippen LogP contribution in [0.2, 0.25) is 0 Å². The summed E-state index contributed by atoms with van der Waals surface area (Å²) in [6, 6.07) is 3.14. The van der Waals surface area contributed by atoms with Crippen molar-refractivity contribution in [2.45, 2.75) is 34.9 Å². The fourth-order valence-electron chi connectivity index (χ4n) is 6.54. The fraction of sp³-hybridized carbons (Fsp3) is 0.480. The van der Waals surface area contributed by atoms with Crippen LogP contribution < -0.4 is 4.74 Å². The predicted molar refractivity (Wildman–Crippen MR) is 150 cm³/mol. The minimum absolute atomic E-state index is 0.116. The summed E-state index contributed by atoms with van der Waals surface area (Å²) >= 11 is 19.4. The number of likely N-dealkylation sites (tertiary alicyclic amines) is 2. The molecule has 14 heteroatoms. The van der Waals surface area contributed by atoms with Crippen molar-refractivity contribution in [3.05, 3.63) is 32.9 Å². The molecule has 2 saturated heterocycles. The Balaban J connectivity index is 1.70. The van der Waals surface area contributed by atoms with Crippen molar-refractivity contribution >= 4 is 91.3 Å². The van der Waals surface area contributed by atoms with Crippen molar-refractivity contribution in [3.8, 4) is 11.5 Å². The number of allylic oxidation sites excluding steroid dienone is 2. The van der Waals surface area contributed by atoms with E-state index in [1.54, 1.807) is 12.1 Å². The molecule has 39 heavy (non-hydrogen) atoms. The van der Waals surface area contributed by atoms with Crippen molar-refractivity contribution in [2.24, 2.45) is 17.8 Å². The minimum Gasteiger partial charge on any atom is -0.504 e. The summed E-state index contributed by atoms with van der Waals surface area (Å²) in [5.41, 5.74) is 0.887. The molecule has 1 aromatic carbocycles. The average Bonchev–Trinajstić information content (AvgIpc) is 3.22. The largest absolute Gasteiger partial charge is 0.504 e. The van der Waals surface area contributed by atoms with Crippen LogP contribution in [0.5, 0.6) is 11.5 Å². The smallest absolute Gasteiger partial charge is 0.305 e. The third kappa shape index (κ3) is 3.87. The molecule has 6 unspecified atom stereocenters. The van der Waals surface area contributed by atoms with Crippen molar-refractivity contribution in [1.82, 2.24) is 9.80 Å². The second-order valence-corrected chi connectivity index (χ2v) is 12.9. The molecule has 0 bridgehead atoms. The maximum Gasteiger partial charge on any atom is 0.305 e. The molecule has 2 aliphatic carbocycles. The normalized spacial score (nSPS) is 33.6. The van der Waals surface area contributed by atoms with Gasteiger partial charge in [-0.2, -0.15) is 0 Å². The number of benzene rings is 1. The number of hydrogen-bond acceptors (Lipinski definition) is 7. The first kappa shape index (κ1) is 28.6. The summed E-state index contributed by atoms with van der Waals surface area (Å²) in [5.74, 6) is -6.94. The van der Waals surface area contributed by atoms with Gasteiger partial charge in [-0.1, -0.05) is 27.6 Å². The quantitative estimate of drug-likeness (QED) is 0.148. The number of phenols is 1. The number of nitrogens with zero attached hydrogens (tertiary/aromatic N) is 2. The molecule has 3 fully saturated rings. The Morgan fingerprint density at radius 1 is 1.15 bits per heavy atom.